The molecular weight excluding hydrogens is 179 g/mol. The lowest BCUT2D eigenvalue weighted by molar-refractivity contribution is 0.425. The van der Waals surface area contributed by atoms with Crippen LogP contribution in [-0.4, -0.2) is 6.61 Å². The molecule has 0 aromatic rings. The van der Waals surface area contributed by atoms with Gasteiger partial charge in [-0.15, -0.1) is 0 Å². The zero-order chi connectivity index (χ0) is 4.12. The average molecular weight is 186 g/mol. The predicted octanol–water partition coefficient (Wildman–Crippen LogP) is 1.76. The third kappa shape index (κ3) is 4.69. The van der Waals surface area contributed by atoms with Crippen molar-refractivity contribution in [1.82, 2.24) is 0 Å². The Kier molecular flexibility index (Phi) is 5.34. The SMILES string of the molecule is CCCOI. The second-order valence-corrected chi connectivity index (χ2v) is 1.44. The molecule has 0 bridgehead atoms. The van der Waals surface area contributed by atoms with E-state index in [-0.39, 0.29) is 0 Å². The van der Waals surface area contributed by atoms with Crippen molar-refractivity contribution in [3.63, 3.8) is 0 Å². The van der Waals surface area contributed by atoms with Gasteiger partial charge in [0.25, 0.3) is 0 Å². The third-order valence-electron chi connectivity index (χ3n) is 0.281. The molecule has 5 heavy (non-hydrogen) atoms. The van der Waals surface area contributed by atoms with E-state index in [1.165, 1.54) is 0 Å². The maximum absolute atomic E-state index is 4.66. The fraction of sp³-hybridized carbons (Fsp3) is 1.00. The van der Waals surface area contributed by atoms with Gasteiger partial charge in [-0.05, 0) is 6.42 Å². The summed E-state index contributed by atoms with van der Waals surface area (Å²) in [5.41, 5.74) is 0. The van der Waals surface area contributed by atoms with E-state index in [0.29, 0.717) is 0 Å². The highest BCUT2D eigenvalue weighted by Crippen LogP contribution is 1.85. The van der Waals surface area contributed by atoms with Crippen LogP contribution in [0.15, 0.2) is 0 Å². The van der Waals surface area contributed by atoms with Gasteiger partial charge in [-0.3, -0.25) is 0 Å². The Morgan fingerprint density at radius 2 is 2.40 bits per heavy atom. The first kappa shape index (κ1) is 5.69. The minimum absolute atomic E-state index is 0.876. The van der Waals surface area contributed by atoms with Crippen molar-refractivity contribution >= 4 is 23.0 Å². The molecular formula is C3H7IO. The molecule has 1 nitrogen and oxygen atoms in total. The number of halogens is 1. The summed E-state index contributed by atoms with van der Waals surface area (Å²) < 4.78 is 4.66. The summed E-state index contributed by atoms with van der Waals surface area (Å²) in [6.07, 6.45) is 1.11. The summed E-state index contributed by atoms with van der Waals surface area (Å²) in [4.78, 5) is 0. The van der Waals surface area contributed by atoms with Crippen molar-refractivity contribution in [3.8, 4) is 0 Å². The topological polar surface area (TPSA) is 9.23 Å². The van der Waals surface area contributed by atoms with Gasteiger partial charge in [0.15, 0.2) is 0 Å². The van der Waals surface area contributed by atoms with Crippen LogP contribution in [-0.2, 0) is 3.07 Å². The molecule has 0 rings (SSSR count). The second kappa shape index (κ2) is 4.69. The van der Waals surface area contributed by atoms with Gasteiger partial charge in [0.05, 0.1) is 6.61 Å². The normalized spacial score (nSPS) is 8.40. The molecule has 0 unspecified atom stereocenters. The molecule has 0 aliphatic carbocycles. The summed E-state index contributed by atoms with van der Waals surface area (Å²) in [5, 5.41) is 0. The number of rotatable bonds is 2. The van der Waals surface area contributed by atoms with Crippen LogP contribution < -0.4 is 0 Å². The van der Waals surface area contributed by atoms with Gasteiger partial charge in [0, 0.05) is 0 Å². The van der Waals surface area contributed by atoms with E-state index in [0.717, 1.165) is 13.0 Å². The Morgan fingerprint density at radius 3 is 2.40 bits per heavy atom. The van der Waals surface area contributed by atoms with Crippen LogP contribution in [0.25, 0.3) is 0 Å². The first-order chi connectivity index (χ1) is 2.41. The van der Waals surface area contributed by atoms with Crippen LogP contribution in [0.3, 0.4) is 0 Å². The minimum atomic E-state index is 0.876. The van der Waals surface area contributed by atoms with E-state index >= 15 is 0 Å². The van der Waals surface area contributed by atoms with Crippen molar-refractivity contribution in [2.24, 2.45) is 0 Å². The first-order valence-corrected chi connectivity index (χ1v) is 2.53. The second-order valence-electron chi connectivity index (χ2n) is 0.813. The quantitative estimate of drug-likeness (QED) is 0.597. The monoisotopic (exact) mass is 186 g/mol. The Balaban J connectivity index is 2.19. The van der Waals surface area contributed by atoms with Crippen LogP contribution in [0.2, 0.25) is 0 Å². The molecule has 0 saturated carbocycles. The Morgan fingerprint density at radius 1 is 1.80 bits per heavy atom. The standard InChI is InChI=1S/C3H7IO/c1-2-3-5-4/h2-3H2,1H3. The minimum Gasteiger partial charge on any atom is -0.316 e. The predicted molar refractivity (Wildman–Crippen MR) is 30.3 cm³/mol. The molecule has 0 aromatic carbocycles. The van der Waals surface area contributed by atoms with Crippen molar-refractivity contribution in [1.29, 1.82) is 0 Å². The van der Waals surface area contributed by atoms with Crippen molar-refractivity contribution in [3.05, 3.63) is 0 Å². The van der Waals surface area contributed by atoms with Crippen LogP contribution in [0.1, 0.15) is 13.3 Å². The Hall–Kier alpha value is 0.690. The number of hydrogen-bond acceptors (Lipinski definition) is 1. The molecule has 0 aromatic heterocycles. The van der Waals surface area contributed by atoms with Crippen molar-refractivity contribution < 1.29 is 3.07 Å². The van der Waals surface area contributed by atoms with Crippen molar-refractivity contribution in [2.75, 3.05) is 6.61 Å². The van der Waals surface area contributed by atoms with Gasteiger partial charge < -0.3 is 3.07 Å². The molecule has 0 aliphatic heterocycles. The fourth-order valence-corrected chi connectivity index (χ4v) is 0.518. The smallest absolute Gasteiger partial charge is 0.109 e. The van der Waals surface area contributed by atoms with E-state index < -0.39 is 0 Å². The molecule has 0 radical (unpaired) electrons. The summed E-state index contributed by atoms with van der Waals surface area (Å²) in [7, 11) is 0. The van der Waals surface area contributed by atoms with Gasteiger partial charge >= 0.3 is 0 Å². The fourth-order valence-electron chi connectivity index (χ4n) is 0.0772. The van der Waals surface area contributed by atoms with Gasteiger partial charge in [-0.2, -0.15) is 0 Å². The molecule has 0 N–H and O–H groups in total. The van der Waals surface area contributed by atoms with E-state index in [9.17, 15) is 0 Å². The van der Waals surface area contributed by atoms with Gasteiger partial charge in [-0.1, -0.05) is 6.92 Å². The van der Waals surface area contributed by atoms with Gasteiger partial charge in [0.2, 0.25) is 0 Å². The van der Waals surface area contributed by atoms with E-state index in [1.807, 2.05) is 23.0 Å². The van der Waals surface area contributed by atoms with Crippen LogP contribution in [0.5, 0.6) is 0 Å². The van der Waals surface area contributed by atoms with E-state index in [2.05, 4.69) is 9.99 Å². The van der Waals surface area contributed by atoms with Crippen LogP contribution in [0, 0.1) is 0 Å². The summed E-state index contributed by atoms with van der Waals surface area (Å²) in [5.74, 6) is 0. The lowest BCUT2D eigenvalue weighted by Gasteiger charge is -1.81. The first-order valence-electron chi connectivity index (χ1n) is 1.65. The third-order valence-corrected chi connectivity index (χ3v) is 0.722. The van der Waals surface area contributed by atoms with Gasteiger partial charge in [0.1, 0.15) is 23.0 Å². The lowest BCUT2D eigenvalue weighted by Crippen LogP contribution is -1.73. The molecule has 0 fully saturated rings. The highest BCUT2D eigenvalue weighted by molar-refractivity contribution is 14.1. The number of hydrogen-bond donors (Lipinski definition) is 0. The average Bonchev–Trinajstić information content (AvgIpc) is 1.41. The molecule has 2 heteroatoms. The zero-order valence-corrected chi connectivity index (χ0v) is 5.36. The molecule has 0 saturated heterocycles. The van der Waals surface area contributed by atoms with Crippen LogP contribution in [0.4, 0.5) is 0 Å². The highest BCUT2D eigenvalue weighted by Gasteiger charge is 1.68. The largest absolute Gasteiger partial charge is 0.316 e. The summed E-state index contributed by atoms with van der Waals surface area (Å²) in [6, 6.07) is 0. The Labute approximate surface area is 46.4 Å². The zero-order valence-electron chi connectivity index (χ0n) is 3.20. The molecule has 0 atom stereocenters. The lowest BCUT2D eigenvalue weighted by atomic mass is 10.5. The van der Waals surface area contributed by atoms with Crippen LogP contribution >= 0.6 is 23.0 Å². The van der Waals surface area contributed by atoms with E-state index in [4.69, 9.17) is 0 Å². The van der Waals surface area contributed by atoms with Crippen molar-refractivity contribution in [2.45, 2.75) is 13.3 Å². The highest BCUT2D eigenvalue weighted by atomic mass is 127. The maximum Gasteiger partial charge on any atom is 0.109 e. The summed E-state index contributed by atoms with van der Waals surface area (Å²) >= 11 is 1.89. The maximum atomic E-state index is 4.66. The molecule has 32 valence electrons. The van der Waals surface area contributed by atoms with Gasteiger partial charge in [-0.25, -0.2) is 0 Å². The summed E-state index contributed by atoms with van der Waals surface area (Å²) in [6.45, 7) is 2.96. The molecule has 0 aliphatic rings. The molecule has 0 amide bonds. The van der Waals surface area contributed by atoms with E-state index in [1.54, 1.807) is 0 Å². The Bertz CT molecular complexity index is 14.4. The molecule has 0 heterocycles. The molecule has 0 spiro atoms.